The van der Waals surface area contributed by atoms with Crippen molar-refractivity contribution in [1.29, 1.82) is 0 Å². The molecular formula is C47H94N2O6P+. The minimum atomic E-state index is -4.34. The van der Waals surface area contributed by atoms with E-state index in [1.54, 1.807) is 6.08 Å². The first-order valence-corrected chi connectivity index (χ1v) is 25.2. The first kappa shape index (κ1) is 55.0. The molecule has 0 fully saturated rings. The van der Waals surface area contributed by atoms with Gasteiger partial charge in [0.1, 0.15) is 13.2 Å². The number of rotatable bonds is 43. The van der Waals surface area contributed by atoms with Crippen LogP contribution in [0.25, 0.3) is 0 Å². The standard InChI is InChI=1S/C47H93N2O6P/c1-6-8-10-12-14-16-18-20-22-23-24-25-26-27-29-31-33-35-37-39-41-47(51)48-45(44-55-56(52,53)54-43-42-49(3,4)5)46(50)40-38-36-34-32-30-28-21-19-17-15-13-11-9-7-2/h30,32,38,40,45-46,50H,6-29,31,33-37,39,41-44H2,1-5H3,(H-,48,51,52,53)/p+1/b32-30+,40-38+/t45-,46+/m0/s1. The van der Waals surface area contributed by atoms with E-state index in [1.165, 1.54) is 161 Å². The van der Waals surface area contributed by atoms with E-state index in [2.05, 4.69) is 31.3 Å². The fourth-order valence-electron chi connectivity index (χ4n) is 6.88. The van der Waals surface area contributed by atoms with Crippen molar-refractivity contribution < 1.29 is 32.9 Å². The number of quaternary nitrogens is 1. The van der Waals surface area contributed by atoms with Crippen LogP contribution >= 0.6 is 7.82 Å². The van der Waals surface area contributed by atoms with Crippen LogP contribution < -0.4 is 5.32 Å². The molecule has 0 radical (unpaired) electrons. The Morgan fingerprint density at radius 1 is 0.589 bits per heavy atom. The zero-order chi connectivity index (χ0) is 41.4. The van der Waals surface area contributed by atoms with Gasteiger partial charge in [-0.1, -0.05) is 205 Å². The van der Waals surface area contributed by atoms with Gasteiger partial charge in [0.05, 0.1) is 39.9 Å². The van der Waals surface area contributed by atoms with Gasteiger partial charge in [0, 0.05) is 6.42 Å². The molecule has 3 N–H and O–H groups in total. The Morgan fingerprint density at radius 3 is 1.43 bits per heavy atom. The summed E-state index contributed by atoms with van der Waals surface area (Å²) < 4.78 is 23.6. The van der Waals surface area contributed by atoms with Crippen LogP contribution in [-0.4, -0.2) is 73.4 Å². The molecule has 0 aromatic rings. The van der Waals surface area contributed by atoms with Crippen molar-refractivity contribution in [3.05, 3.63) is 24.3 Å². The van der Waals surface area contributed by atoms with Crippen molar-refractivity contribution in [3.8, 4) is 0 Å². The second kappa shape index (κ2) is 39.4. The zero-order valence-corrected chi connectivity index (χ0v) is 38.5. The van der Waals surface area contributed by atoms with Gasteiger partial charge >= 0.3 is 7.82 Å². The van der Waals surface area contributed by atoms with E-state index >= 15 is 0 Å². The molecule has 0 rings (SSSR count). The van der Waals surface area contributed by atoms with Crippen LogP contribution in [-0.2, 0) is 18.4 Å². The predicted octanol–water partition coefficient (Wildman–Crippen LogP) is 13.3. The van der Waals surface area contributed by atoms with E-state index in [0.29, 0.717) is 17.4 Å². The minimum Gasteiger partial charge on any atom is -0.387 e. The molecule has 8 nitrogen and oxygen atoms in total. The summed E-state index contributed by atoms with van der Waals surface area (Å²) in [6, 6.07) is -0.858. The lowest BCUT2D eigenvalue weighted by Crippen LogP contribution is -2.45. The van der Waals surface area contributed by atoms with Crippen molar-refractivity contribution in [2.45, 2.75) is 231 Å². The van der Waals surface area contributed by atoms with Crippen LogP contribution in [0.2, 0.25) is 0 Å². The predicted molar refractivity (Wildman–Crippen MR) is 240 cm³/mol. The maximum atomic E-state index is 12.9. The molecule has 0 aromatic heterocycles. The van der Waals surface area contributed by atoms with E-state index in [1.807, 2.05) is 27.2 Å². The Morgan fingerprint density at radius 2 is 0.982 bits per heavy atom. The molecule has 0 spiro atoms. The third kappa shape index (κ3) is 41.2. The largest absolute Gasteiger partial charge is 0.472 e. The normalized spacial score (nSPS) is 14.5. The molecule has 0 bridgehead atoms. The SMILES string of the molecule is CCCCCCCCCC/C=C/CC/C=C/[C@@H](O)[C@H](COP(=O)(O)OCC[N+](C)(C)C)NC(=O)CCCCCCCCCCCCCCCCCCCCCC. The van der Waals surface area contributed by atoms with Gasteiger partial charge < -0.3 is 19.8 Å². The molecular weight excluding hydrogens is 719 g/mol. The summed E-state index contributed by atoms with van der Waals surface area (Å²) in [4.78, 5) is 23.1. The number of carbonyl (C=O) groups is 1. The Kier molecular flexibility index (Phi) is 38.7. The number of unbranched alkanes of at least 4 members (excludes halogenated alkanes) is 28. The maximum Gasteiger partial charge on any atom is 0.472 e. The minimum absolute atomic E-state index is 0.0583. The number of aliphatic hydroxyl groups excluding tert-OH is 1. The number of hydrogen-bond acceptors (Lipinski definition) is 5. The Balaban J connectivity index is 4.34. The van der Waals surface area contributed by atoms with Gasteiger partial charge in [-0.3, -0.25) is 13.8 Å². The molecule has 0 saturated heterocycles. The highest BCUT2D eigenvalue weighted by Gasteiger charge is 2.27. The molecule has 0 aliphatic rings. The monoisotopic (exact) mass is 814 g/mol. The van der Waals surface area contributed by atoms with Gasteiger partial charge in [-0.05, 0) is 32.1 Å². The van der Waals surface area contributed by atoms with Crippen molar-refractivity contribution in [2.24, 2.45) is 0 Å². The molecule has 0 aromatic carbocycles. The number of phosphoric acid groups is 1. The van der Waals surface area contributed by atoms with Crippen LogP contribution in [0.5, 0.6) is 0 Å². The third-order valence-electron chi connectivity index (χ3n) is 10.7. The molecule has 0 heterocycles. The van der Waals surface area contributed by atoms with Crippen molar-refractivity contribution in [3.63, 3.8) is 0 Å². The quantitative estimate of drug-likeness (QED) is 0.0245. The average molecular weight is 814 g/mol. The number of carbonyl (C=O) groups excluding carboxylic acids is 1. The lowest BCUT2D eigenvalue weighted by atomic mass is 10.0. The van der Waals surface area contributed by atoms with Crippen molar-refractivity contribution in [2.75, 3.05) is 40.9 Å². The molecule has 3 atom stereocenters. The summed E-state index contributed by atoms with van der Waals surface area (Å²) in [6.45, 7) is 4.80. The van der Waals surface area contributed by atoms with Crippen LogP contribution in [0.3, 0.4) is 0 Å². The van der Waals surface area contributed by atoms with E-state index < -0.39 is 20.0 Å². The molecule has 1 amide bonds. The number of allylic oxidation sites excluding steroid dienone is 3. The summed E-state index contributed by atoms with van der Waals surface area (Å²) in [5.41, 5.74) is 0. The van der Waals surface area contributed by atoms with Crippen LogP contribution in [0.15, 0.2) is 24.3 Å². The van der Waals surface area contributed by atoms with Gasteiger partial charge in [-0.2, -0.15) is 0 Å². The second-order valence-corrected chi connectivity index (χ2v) is 18.9. The van der Waals surface area contributed by atoms with Gasteiger partial charge in [0.2, 0.25) is 5.91 Å². The van der Waals surface area contributed by atoms with Gasteiger partial charge in [0.25, 0.3) is 0 Å². The highest BCUT2D eigenvalue weighted by molar-refractivity contribution is 7.47. The highest BCUT2D eigenvalue weighted by Crippen LogP contribution is 2.43. The Bertz CT molecular complexity index is 969. The number of aliphatic hydroxyl groups is 1. The molecule has 0 saturated carbocycles. The molecule has 0 aliphatic carbocycles. The molecule has 0 aliphatic heterocycles. The van der Waals surface area contributed by atoms with Gasteiger partial charge in [-0.25, -0.2) is 4.57 Å². The maximum absolute atomic E-state index is 12.9. The Labute approximate surface area is 347 Å². The highest BCUT2D eigenvalue weighted by atomic mass is 31.2. The van der Waals surface area contributed by atoms with Crippen LogP contribution in [0.4, 0.5) is 0 Å². The number of hydrogen-bond donors (Lipinski definition) is 3. The first-order chi connectivity index (χ1) is 27.0. The molecule has 56 heavy (non-hydrogen) atoms. The van der Waals surface area contributed by atoms with E-state index in [9.17, 15) is 19.4 Å². The smallest absolute Gasteiger partial charge is 0.387 e. The lowest BCUT2D eigenvalue weighted by Gasteiger charge is -2.25. The topological polar surface area (TPSA) is 105 Å². The number of likely N-dealkylation sites (N-methyl/N-ethyl adjacent to an activating group) is 1. The second-order valence-electron chi connectivity index (χ2n) is 17.5. The fraction of sp³-hybridized carbons (Fsp3) is 0.894. The molecule has 1 unspecified atom stereocenters. The number of amides is 1. The van der Waals surface area contributed by atoms with Gasteiger partial charge in [-0.15, -0.1) is 0 Å². The van der Waals surface area contributed by atoms with E-state index in [-0.39, 0.29) is 19.1 Å². The van der Waals surface area contributed by atoms with Crippen molar-refractivity contribution >= 4 is 13.7 Å². The number of phosphoric ester groups is 1. The Hall–Kier alpha value is -1.02. The molecule has 332 valence electrons. The average Bonchev–Trinajstić information content (AvgIpc) is 3.15. The third-order valence-corrected chi connectivity index (χ3v) is 11.7. The van der Waals surface area contributed by atoms with E-state index in [4.69, 9.17) is 9.05 Å². The van der Waals surface area contributed by atoms with E-state index in [0.717, 1.165) is 38.5 Å². The zero-order valence-electron chi connectivity index (χ0n) is 37.6. The lowest BCUT2D eigenvalue weighted by molar-refractivity contribution is -0.870. The van der Waals surface area contributed by atoms with Crippen molar-refractivity contribution in [1.82, 2.24) is 5.32 Å². The van der Waals surface area contributed by atoms with Gasteiger partial charge in [0.15, 0.2) is 0 Å². The first-order valence-electron chi connectivity index (χ1n) is 23.7. The summed E-state index contributed by atoms with van der Waals surface area (Å²) in [6.07, 6.45) is 46.8. The summed E-state index contributed by atoms with van der Waals surface area (Å²) in [5.74, 6) is -0.184. The summed E-state index contributed by atoms with van der Waals surface area (Å²) >= 11 is 0. The van der Waals surface area contributed by atoms with Crippen LogP contribution in [0.1, 0.15) is 219 Å². The van der Waals surface area contributed by atoms with Crippen LogP contribution in [0, 0.1) is 0 Å². The summed E-state index contributed by atoms with van der Waals surface area (Å²) in [5, 5.41) is 13.8. The molecule has 9 heteroatoms. The fourth-order valence-corrected chi connectivity index (χ4v) is 7.62. The number of nitrogens with zero attached hydrogens (tertiary/aromatic N) is 1. The summed E-state index contributed by atoms with van der Waals surface area (Å²) in [7, 11) is 1.56. The number of nitrogens with one attached hydrogen (secondary N) is 1.